The highest BCUT2D eigenvalue weighted by atomic mass is 32.2. The zero-order valence-corrected chi connectivity index (χ0v) is 17.7. The highest BCUT2D eigenvalue weighted by molar-refractivity contribution is 7.89. The first-order chi connectivity index (χ1) is 14.4. The van der Waals surface area contributed by atoms with Crippen LogP contribution in [0.25, 0.3) is 0 Å². The molecule has 30 heavy (non-hydrogen) atoms. The van der Waals surface area contributed by atoms with Crippen LogP contribution in [0.2, 0.25) is 0 Å². The Kier molecular flexibility index (Phi) is 7.22. The second kappa shape index (κ2) is 9.86. The summed E-state index contributed by atoms with van der Waals surface area (Å²) in [5.74, 6) is 0.769. The third-order valence-electron chi connectivity index (χ3n) is 4.83. The summed E-state index contributed by atoms with van der Waals surface area (Å²) in [6, 6.07) is 9.63. The molecule has 1 aliphatic rings. The lowest BCUT2D eigenvalue weighted by Crippen LogP contribution is -2.44. The zero-order valence-electron chi connectivity index (χ0n) is 16.9. The van der Waals surface area contributed by atoms with Gasteiger partial charge < -0.3 is 15.5 Å². The zero-order chi connectivity index (χ0) is 21.6. The Morgan fingerprint density at radius 1 is 1.33 bits per heavy atom. The lowest BCUT2D eigenvalue weighted by molar-refractivity contribution is 0.597. The highest BCUT2D eigenvalue weighted by Gasteiger charge is 2.25. The summed E-state index contributed by atoms with van der Waals surface area (Å²) in [5.41, 5.74) is 0.972. The number of benzene rings is 1. The fourth-order valence-electron chi connectivity index (χ4n) is 3.34. The summed E-state index contributed by atoms with van der Waals surface area (Å²) < 4.78 is 36.6. The Bertz CT molecular complexity index is 981. The van der Waals surface area contributed by atoms with Gasteiger partial charge in [0.25, 0.3) is 0 Å². The minimum absolute atomic E-state index is 0.0971. The van der Waals surface area contributed by atoms with E-state index in [-0.39, 0.29) is 16.8 Å². The van der Waals surface area contributed by atoms with Gasteiger partial charge in [-0.2, -0.15) is 0 Å². The fourth-order valence-corrected chi connectivity index (χ4v) is 3.85. The van der Waals surface area contributed by atoms with E-state index in [1.807, 2.05) is 11.8 Å². The number of hydrogen-bond donors (Lipinski definition) is 3. The Morgan fingerprint density at radius 2 is 2.10 bits per heavy atom. The van der Waals surface area contributed by atoms with E-state index in [9.17, 15) is 12.8 Å². The molecule has 1 atom stereocenters. The van der Waals surface area contributed by atoms with Gasteiger partial charge in [-0.3, -0.25) is 4.99 Å². The Balaban J connectivity index is 1.55. The van der Waals surface area contributed by atoms with E-state index in [1.54, 1.807) is 24.4 Å². The lowest BCUT2D eigenvalue weighted by Gasteiger charge is -2.20. The van der Waals surface area contributed by atoms with Crippen LogP contribution >= 0.6 is 0 Å². The number of primary sulfonamides is 1. The van der Waals surface area contributed by atoms with Gasteiger partial charge in [-0.25, -0.2) is 22.9 Å². The van der Waals surface area contributed by atoms with E-state index in [0.29, 0.717) is 31.3 Å². The first kappa shape index (κ1) is 22.0. The third kappa shape index (κ3) is 5.90. The number of nitrogens with two attached hydrogens (primary N) is 1. The monoisotopic (exact) mass is 434 g/mol. The normalized spacial score (nSPS) is 17.2. The van der Waals surface area contributed by atoms with Gasteiger partial charge in [0.05, 0.1) is 4.90 Å². The molecular weight excluding hydrogens is 407 g/mol. The quantitative estimate of drug-likeness (QED) is 0.447. The molecule has 3 rings (SSSR count). The van der Waals surface area contributed by atoms with Gasteiger partial charge in [0.2, 0.25) is 10.0 Å². The van der Waals surface area contributed by atoms with Crippen LogP contribution in [0.4, 0.5) is 10.2 Å². The van der Waals surface area contributed by atoms with Crippen LogP contribution in [0.15, 0.2) is 52.5 Å². The molecule has 1 aromatic heterocycles. The number of rotatable bonds is 7. The molecule has 1 aromatic carbocycles. The maximum Gasteiger partial charge on any atom is 0.238 e. The predicted octanol–water partition coefficient (Wildman–Crippen LogP) is 1.24. The lowest BCUT2D eigenvalue weighted by atomic mass is 10.1. The summed E-state index contributed by atoms with van der Waals surface area (Å²) in [6.45, 7) is 4.62. The van der Waals surface area contributed by atoms with E-state index in [4.69, 9.17) is 5.14 Å². The molecule has 1 fully saturated rings. The van der Waals surface area contributed by atoms with Gasteiger partial charge in [-0.1, -0.05) is 12.1 Å². The Labute approximate surface area is 176 Å². The minimum atomic E-state index is -3.68. The molecule has 0 spiro atoms. The molecule has 2 heterocycles. The number of aromatic nitrogens is 1. The molecule has 1 saturated heterocycles. The highest BCUT2D eigenvalue weighted by Crippen LogP contribution is 2.20. The van der Waals surface area contributed by atoms with Crippen molar-refractivity contribution in [2.75, 3.05) is 31.1 Å². The smallest absolute Gasteiger partial charge is 0.238 e. The van der Waals surface area contributed by atoms with Crippen LogP contribution in [0.3, 0.4) is 0 Å². The molecular formula is C20H27FN6O2S. The summed E-state index contributed by atoms with van der Waals surface area (Å²) in [5, 5.41) is 11.7. The summed E-state index contributed by atoms with van der Waals surface area (Å²) in [7, 11) is -3.68. The third-order valence-corrected chi connectivity index (χ3v) is 5.76. The standard InChI is InChI=1S/C20H27FN6O2S/c1-2-23-20(25-12-9-15-5-7-17(8-6-15)30(22,28)29)26-16-10-13-27(14-16)19-18(21)4-3-11-24-19/h3-8,11,16H,2,9-10,12-14H2,1H3,(H2,22,28,29)(H2,23,25,26). The minimum Gasteiger partial charge on any atom is -0.357 e. The summed E-state index contributed by atoms with van der Waals surface area (Å²) >= 11 is 0. The number of halogens is 1. The van der Waals surface area contributed by atoms with Crippen LogP contribution in [-0.2, 0) is 16.4 Å². The van der Waals surface area contributed by atoms with Crippen LogP contribution in [0, 0.1) is 5.82 Å². The average Bonchev–Trinajstić information content (AvgIpc) is 3.16. The molecule has 0 saturated carbocycles. The number of pyridine rings is 1. The largest absolute Gasteiger partial charge is 0.357 e. The van der Waals surface area contributed by atoms with Gasteiger partial charge in [-0.15, -0.1) is 0 Å². The SMILES string of the molecule is CCNC(=NCCc1ccc(S(N)(=O)=O)cc1)NC1CCN(c2ncccc2F)C1. The number of sulfonamides is 1. The van der Waals surface area contributed by atoms with E-state index in [2.05, 4.69) is 20.6 Å². The maximum atomic E-state index is 14.0. The summed E-state index contributed by atoms with van der Waals surface area (Å²) in [4.78, 5) is 10.8. The van der Waals surface area contributed by atoms with Crippen molar-refractivity contribution in [3.8, 4) is 0 Å². The molecule has 8 nitrogen and oxygen atoms in total. The number of nitrogens with one attached hydrogen (secondary N) is 2. The molecule has 0 aliphatic carbocycles. The van der Waals surface area contributed by atoms with Crippen LogP contribution in [-0.4, -0.2) is 51.6 Å². The maximum absolute atomic E-state index is 14.0. The number of hydrogen-bond acceptors (Lipinski definition) is 5. The molecule has 1 aliphatic heterocycles. The number of nitrogens with zero attached hydrogens (tertiary/aromatic N) is 3. The van der Waals surface area contributed by atoms with Crippen molar-refractivity contribution >= 4 is 21.8 Å². The van der Waals surface area contributed by atoms with Crippen molar-refractivity contribution in [1.82, 2.24) is 15.6 Å². The first-order valence-corrected chi connectivity index (χ1v) is 11.4. The molecule has 4 N–H and O–H groups in total. The predicted molar refractivity (Wildman–Crippen MR) is 115 cm³/mol. The number of guanidine groups is 1. The van der Waals surface area contributed by atoms with E-state index < -0.39 is 10.0 Å². The topological polar surface area (TPSA) is 113 Å². The Hall–Kier alpha value is -2.72. The molecule has 0 bridgehead atoms. The van der Waals surface area contributed by atoms with Gasteiger partial charge in [0.1, 0.15) is 0 Å². The van der Waals surface area contributed by atoms with Crippen molar-refractivity contribution in [3.05, 3.63) is 54.0 Å². The van der Waals surface area contributed by atoms with Crippen molar-refractivity contribution < 1.29 is 12.8 Å². The van der Waals surface area contributed by atoms with Gasteiger partial charge in [0.15, 0.2) is 17.6 Å². The van der Waals surface area contributed by atoms with Gasteiger partial charge in [0, 0.05) is 38.4 Å². The summed E-state index contributed by atoms with van der Waals surface area (Å²) in [6.07, 6.45) is 3.12. The van der Waals surface area contributed by atoms with Crippen molar-refractivity contribution in [1.29, 1.82) is 0 Å². The molecule has 10 heteroatoms. The van der Waals surface area contributed by atoms with E-state index >= 15 is 0 Å². The average molecular weight is 435 g/mol. The van der Waals surface area contributed by atoms with Crippen molar-refractivity contribution in [3.63, 3.8) is 0 Å². The number of aliphatic imine (C=N–C) groups is 1. The van der Waals surface area contributed by atoms with Crippen molar-refractivity contribution in [2.45, 2.75) is 30.7 Å². The van der Waals surface area contributed by atoms with Crippen molar-refractivity contribution in [2.24, 2.45) is 10.1 Å². The number of anilines is 1. The van der Waals surface area contributed by atoms with E-state index in [1.165, 1.54) is 18.2 Å². The van der Waals surface area contributed by atoms with Gasteiger partial charge in [-0.05, 0) is 49.6 Å². The van der Waals surface area contributed by atoms with Crippen LogP contribution in [0.1, 0.15) is 18.9 Å². The molecule has 0 amide bonds. The molecule has 1 unspecified atom stereocenters. The molecule has 0 radical (unpaired) electrons. The van der Waals surface area contributed by atoms with Gasteiger partial charge >= 0.3 is 0 Å². The van der Waals surface area contributed by atoms with Crippen LogP contribution in [0.5, 0.6) is 0 Å². The Morgan fingerprint density at radius 3 is 2.77 bits per heavy atom. The van der Waals surface area contributed by atoms with Crippen LogP contribution < -0.4 is 20.7 Å². The molecule has 2 aromatic rings. The first-order valence-electron chi connectivity index (χ1n) is 9.89. The second-order valence-electron chi connectivity index (χ2n) is 7.08. The molecule has 162 valence electrons. The second-order valence-corrected chi connectivity index (χ2v) is 8.65. The van der Waals surface area contributed by atoms with E-state index in [0.717, 1.165) is 25.1 Å². The fraction of sp³-hybridized carbons (Fsp3) is 0.400.